The van der Waals surface area contributed by atoms with E-state index in [4.69, 9.17) is 4.74 Å². The summed E-state index contributed by atoms with van der Waals surface area (Å²) in [5.74, 6) is 0. The number of ether oxygens (including phenoxy) is 1. The van der Waals surface area contributed by atoms with E-state index in [1.807, 2.05) is 25.8 Å². The fraction of sp³-hybridized carbons (Fsp3) is 1.00. The summed E-state index contributed by atoms with van der Waals surface area (Å²) in [7, 11) is 1.94. The zero-order chi connectivity index (χ0) is 12.2. The molecule has 1 aliphatic rings. The van der Waals surface area contributed by atoms with E-state index >= 15 is 0 Å². The molecule has 0 amide bonds. The maximum atomic E-state index is 10.3. The number of aliphatic hydroxyl groups is 2. The van der Waals surface area contributed by atoms with Crippen LogP contribution in [0.25, 0.3) is 0 Å². The van der Waals surface area contributed by atoms with Crippen molar-refractivity contribution in [2.45, 2.75) is 44.3 Å². The van der Waals surface area contributed by atoms with Crippen molar-refractivity contribution in [2.24, 2.45) is 0 Å². The summed E-state index contributed by atoms with van der Waals surface area (Å²) in [6, 6.07) is 0. The van der Waals surface area contributed by atoms with Crippen molar-refractivity contribution in [3.63, 3.8) is 0 Å². The first-order chi connectivity index (χ1) is 7.37. The van der Waals surface area contributed by atoms with E-state index in [2.05, 4.69) is 0 Å². The summed E-state index contributed by atoms with van der Waals surface area (Å²) < 4.78 is 5.24. The molecule has 0 aromatic rings. The molecule has 96 valence electrons. The Bertz CT molecular complexity index is 212. The first-order valence-corrected chi connectivity index (χ1v) is 6.08. The van der Waals surface area contributed by atoms with Gasteiger partial charge in [0.25, 0.3) is 0 Å². The minimum absolute atomic E-state index is 0.590. The third-order valence-electron chi connectivity index (χ3n) is 3.36. The van der Waals surface area contributed by atoms with E-state index in [-0.39, 0.29) is 0 Å². The average Bonchev–Trinajstić information content (AvgIpc) is 2.17. The van der Waals surface area contributed by atoms with Crippen LogP contribution < -0.4 is 0 Å². The highest BCUT2D eigenvalue weighted by atomic mass is 16.5. The second kappa shape index (κ2) is 5.45. The van der Waals surface area contributed by atoms with Crippen LogP contribution in [0.3, 0.4) is 0 Å². The molecule has 0 aromatic heterocycles. The van der Waals surface area contributed by atoms with Gasteiger partial charge in [-0.1, -0.05) is 6.92 Å². The van der Waals surface area contributed by atoms with Gasteiger partial charge in [0.05, 0.1) is 11.2 Å². The van der Waals surface area contributed by atoms with E-state index in [0.717, 1.165) is 6.42 Å². The molecule has 0 saturated carbocycles. The lowest BCUT2D eigenvalue weighted by molar-refractivity contribution is -0.0850. The Morgan fingerprint density at radius 1 is 1.38 bits per heavy atom. The Hall–Kier alpha value is -0.160. The topological polar surface area (TPSA) is 52.9 Å². The monoisotopic (exact) mass is 231 g/mol. The molecule has 0 spiro atoms. The van der Waals surface area contributed by atoms with Gasteiger partial charge in [-0.3, -0.25) is 0 Å². The SMILES string of the molecule is CCC(C)(O)CN(C)CC1(O)CCOCC1. The van der Waals surface area contributed by atoms with Crippen LogP contribution in [0.5, 0.6) is 0 Å². The van der Waals surface area contributed by atoms with Crippen LogP contribution in [0.2, 0.25) is 0 Å². The van der Waals surface area contributed by atoms with Crippen molar-refractivity contribution in [2.75, 3.05) is 33.4 Å². The van der Waals surface area contributed by atoms with Crippen LogP contribution in [-0.4, -0.2) is 59.7 Å². The molecular weight excluding hydrogens is 206 g/mol. The second-order valence-electron chi connectivity index (χ2n) is 5.36. The Labute approximate surface area is 98.2 Å². The summed E-state index contributed by atoms with van der Waals surface area (Å²) in [4.78, 5) is 2.01. The summed E-state index contributed by atoms with van der Waals surface area (Å²) in [5.41, 5.74) is -1.31. The van der Waals surface area contributed by atoms with Gasteiger partial charge in [-0.25, -0.2) is 0 Å². The molecule has 1 aliphatic heterocycles. The van der Waals surface area contributed by atoms with Gasteiger partial charge in [0.15, 0.2) is 0 Å². The van der Waals surface area contributed by atoms with Crippen LogP contribution in [0, 0.1) is 0 Å². The van der Waals surface area contributed by atoms with E-state index in [9.17, 15) is 10.2 Å². The lowest BCUT2D eigenvalue weighted by Gasteiger charge is -2.37. The van der Waals surface area contributed by atoms with E-state index in [1.165, 1.54) is 0 Å². The molecule has 4 heteroatoms. The van der Waals surface area contributed by atoms with Gasteiger partial charge in [-0.05, 0) is 20.4 Å². The molecule has 16 heavy (non-hydrogen) atoms. The summed E-state index contributed by atoms with van der Waals surface area (Å²) in [6.45, 7) is 6.26. The highest BCUT2D eigenvalue weighted by Crippen LogP contribution is 2.22. The fourth-order valence-corrected chi connectivity index (χ4v) is 2.16. The van der Waals surface area contributed by atoms with E-state index in [0.29, 0.717) is 39.1 Å². The van der Waals surface area contributed by atoms with Gasteiger partial charge in [0.2, 0.25) is 0 Å². The second-order valence-corrected chi connectivity index (χ2v) is 5.36. The van der Waals surface area contributed by atoms with Crippen molar-refractivity contribution in [3.05, 3.63) is 0 Å². The normalized spacial score (nSPS) is 24.4. The van der Waals surface area contributed by atoms with E-state index in [1.54, 1.807) is 0 Å². The number of likely N-dealkylation sites (N-methyl/N-ethyl adjacent to an activating group) is 1. The summed E-state index contributed by atoms with van der Waals surface area (Å²) >= 11 is 0. The van der Waals surface area contributed by atoms with Gasteiger partial charge in [-0.15, -0.1) is 0 Å². The van der Waals surface area contributed by atoms with Gasteiger partial charge < -0.3 is 19.8 Å². The van der Waals surface area contributed by atoms with Gasteiger partial charge in [0.1, 0.15) is 0 Å². The summed E-state index contributed by atoms with van der Waals surface area (Å²) in [5, 5.41) is 20.3. The van der Waals surface area contributed by atoms with Gasteiger partial charge in [-0.2, -0.15) is 0 Å². The average molecular weight is 231 g/mol. The van der Waals surface area contributed by atoms with Crippen molar-refractivity contribution in [1.82, 2.24) is 4.90 Å². The molecule has 2 N–H and O–H groups in total. The largest absolute Gasteiger partial charge is 0.389 e. The third kappa shape index (κ3) is 4.37. The van der Waals surface area contributed by atoms with E-state index < -0.39 is 11.2 Å². The fourth-order valence-electron chi connectivity index (χ4n) is 2.16. The minimum Gasteiger partial charge on any atom is -0.389 e. The molecule has 1 saturated heterocycles. The highest BCUT2D eigenvalue weighted by Gasteiger charge is 2.32. The van der Waals surface area contributed by atoms with Gasteiger partial charge in [0, 0.05) is 39.1 Å². The Morgan fingerprint density at radius 2 is 1.94 bits per heavy atom. The van der Waals surface area contributed by atoms with Crippen LogP contribution in [0.4, 0.5) is 0 Å². The Morgan fingerprint density at radius 3 is 2.44 bits per heavy atom. The quantitative estimate of drug-likeness (QED) is 0.728. The molecule has 1 atom stereocenters. The van der Waals surface area contributed by atoms with Crippen molar-refractivity contribution < 1.29 is 14.9 Å². The molecular formula is C12H25NO3. The lowest BCUT2D eigenvalue weighted by Crippen LogP contribution is -2.49. The predicted molar refractivity (Wildman–Crippen MR) is 63.4 cm³/mol. The number of rotatable bonds is 5. The van der Waals surface area contributed by atoms with Crippen molar-refractivity contribution in [3.8, 4) is 0 Å². The predicted octanol–water partition coefficient (Wildman–Crippen LogP) is 0.621. The smallest absolute Gasteiger partial charge is 0.0817 e. The molecule has 0 aliphatic carbocycles. The minimum atomic E-state index is -0.670. The van der Waals surface area contributed by atoms with Crippen LogP contribution >= 0.6 is 0 Å². The van der Waals surface area contributed by atoms with Crippen LogP contribution in [0.1, 0.15) is 33.1 Å². The van der Waals surface area contributed by atoms with Crippen molar-refractivity contribution in [1.29, 1.82) is 0 Å². The lowest BCUT2D eigenvalue weighted by atomic mass is 9.93. The maximum absolute atomic E-state index is 10.3. The standard InChI is InChI=1S/C12H25NO3/c1-4-11(2,14)9-13(3)10-12(15)5-7-16-8-6-12/h14-15H,4-10H2,1-3H3. The van der Waals surface area contributed by atoms with Crippen LogP contribution in [0.15, 0.2) is 0 Å². The number of hydrogen-bond acceptors (Lipinski definition) is 4. The van der Waals surface area contributed by atoms with Crippen molar-refractivity contribution >= 4 is 0 Å². The molecule has 1 fully saturated rings. The molecule has 0 aromatic carbocycles. The maximum Gasteiger partial charge on any atom is 0.0817 e. The summed E-state index contributed by atoms with van der Waals surface area (Å²) in [6.07, 6.45) is 2.09. The molecule has 1 unspecified atom stereocenters. The Balaban J connectivity index is 2.40. The Kier molecular flexibility index (Phi) is 4.73. The third-order valence-corrected chi connectivity index (χ3v) is 3.36. The first kappa shape index (κ1) is 13.9. The highest BCUT2D eigenvalue weighted by molar-refractivity contribution is 4.86. The molecule has 1 rings (SSSR count). The zero-order valence-electron chi connectivity index (χ0n) is 10.7. The zero-order valence-corrected chi connectivity index (χ0v) is 10.7. The first-order valence-electron chi connectivity index (χ1n) is 6.08. The molecule has 1 heterocycles. The van der Waals surface area contributed by atoms with Crippen LogP contribution in [-0.2, 0) is 4.74 Å². The number of nitrogens with zero attached hydrogens (tertiary/aromatic N) is 1. The number of hydrogen-bond donors (Lipinski definition) is 2. The van der Waals surface area contributed by atoms with Gasteiger partial charge >= 0.3 is 0 Å². The molecule has 0 bridgehead atoms. The molecule has 0 radical (unpaired) electrons. The molecule has 4 nitrogen and oxygen atoms in total.